The van der Waals surface area contributed by atoms with Crippen molar-refractivity contribution in [3.05, 3.63) is 35.4 Å². The van der Waals surface area contributed by atoms with Crippen LogP contribution in [0.4, 0.5) is 0 Å². The van der Waals surface area contributed by atoms with E-state index in [0.717, 1.165) is 13.0 Å². The van der Waals surface area contributed by atoms with Gasteiger partial charge < -0.3 is 10.1 Å². The third kappa shape index (κ3) is 5.74. The maximum absolute atomic E-state index is 11.3. The fraction of sp³-hybridized carbons (Fsp3) is 0.588. The third-order valence-electron chi connectivity index (χ3n) is 3.62. The molecule has 0 heterocycles. The van der Waals surface area contributed by atoms with E-state index in [1.54, 1.807) is 0 Å². The highest BCUT2D eigenvalue weighted by Gasteiger charge is 2.07. The van der Waals surface area contributed by atoms with Crippen LogP contribution in [0.3, 0.4) is 0 Å². The summed E-state index contributed by atoms with van der Waals surface area (Å²) < 4.78 is 4.69. The molecule has 0 aliphatic rings. The average molecular weight is 277 g/mol. The Hall–Kier alpha value is -1.35. The number of hydrogen-bond acceptors (Lipinski definition) is 3. The summed E-state index contributed by atoms with van der Waals surface area (Å²) >= 11 is 0. The van der Waals surface area contributed by atoms with Gasteiger partial charge in [0.1, 0.15) is 0 Å². The second-order valence-corrected chi connectivity index (χ2v) is 5.17. The molecule has 3 heteroatoms. The molecule has 1 unspecified atom stereocenters. The van der Waals surface area contributed by atoms with Gasteiger partial charge in [0.2, 0.25) is 0 Å². The van der Waals surface area contributed by atoms with E-state index in [0.29, 0.717) is 11.6 Å². The van der Waals surface area contributed by atoms with E-state index in [9.17, 15) is 4.79 Å². The van der Waals surface area contributed by atoms with E-state index in [-0.39, 0.29) is 5.97 Å². The predicted molar refractivity (Wildman–Crippen MR) is 82.8 cm³/mol. The Morgan fingerprint density at radius 2 is 1.90 bits per heavy atom. The highest BCUT2D eigenvalue weighted by Crippen LogP contribution is 2.09. The van der Waals surface area contributed by atoms with E-state index >= 15 is 0 Å². The molecule has 0 fully saturated rings. The molecule has 0 bridgehead atoms. The van der Waals surface area contributed by atoms with Crippen LogP contribution < -0.4 is 5.32 Å². The number of ether oxygens (including phenoxy) is 1. The lowest BCUT2D eigenvalue weighted by Crippen LogP contribution is -2.27. The molecular formula is C17H27NO2. The van der Waals surface area contributed by atoms with Gasteiger partial charge >= 0.3 is 5.97 Å². The first kappa shape index (κ1) is 16.7. The number of hydrogen-bond donors (Lipinski definition) is 1. The number of esters is 1. The van der Waals surface area contributed by atoms with Gasteiger partial charge in [0, 0.05) is 12.6 Å². The highest BCUT2D eigenvalue weighted by atomic mass is 16.5. The monoisotopic (exact) mass is 277 g/mol. The van der Waals surface area contributed by atoms with Gasteiger partial charge in [0.05, 0.1) is 12.7 Å². The van der Waals surface area contributed by atoms with Crippen LogP contribution in [-0.2, 0) is 11.3 Å². The lowest BCUT2D eigenvalue weighted by Gasteiger charge is -2.17. The normalized spacial score (nSPS) is 12.2. The maximum Gasteiger partial charge on any atom is 0.337 e. The molecule has 0 saturated carbocycles. The minimum Gasteiger partial charge on any atom is -0.465 e. The van der Waals surface area contributed by atoms with Crippen molar-refractivity contribution < 1.29 is 9.53 Å². The van der Waals surface area contributed by atoms with Crippen LogP contribution in [0.25, 0.3) is 0 Å². The van der Waals surface area contributed by atoms with Crippen LogP contribution in [0.5, 0.6) is 0 Å². The SMILES string of the molecule is CCCCCC(CC)NCc1ccc(C(=O)OC)cc1. The molecule has 1 rings (SSSR count). The second-order valence-electron chi connectivity index (χ2n) is 5.17. The van der Waals surface area contributed by atoms with E-state index in [4.69, 9.17) is 4.74 Å². The molecule has 0 radical (unpaired) electrons. The average Bonchev–Trinajstić information content (AvgIpc) is 2.50. The van der Waals surface area contributed by atoms with Gasteiger partial charge in [-0.15, -0.1) is 0 Å². The van der Waals surface area contributed by atoms with Crippen molar-refractivity contribution >= 4 is 5.97 Å². The molecule has 0 amide bonds. The van der Waals surface area contributed by atoms with Gasteiger partial charge in [-0.3, -0.25) is 0 Å². The first-order valence-corrected chi connectivity index (χ1v) is 7.61. The third-order valence-corrected chi connectivity index (χ3v) is 3.62. The highest BCUT2D eigenvalue weighted by molar-refractivity contribution is 5.89. The standard InChI is InChI=1S/C17H27NO2/c1-4-6-7-8-16(5-2)18-13-14-9-11-15(12-10-14)17(19)20-3/h9-12,16,18H,4-8,13H2,1-3H3. The van der Waals surface area contributed by atoms with E-state index in [1.807, 2.05) is 24.3 Å². The molecule has 0 spiro atoms. The molecule has 1 atom stereocenters. The summed E-state index contributed by atoms with van der Waals surface area (Å²) in [6.07, 6.45) is 6.27. The van der Waals surface area contributed by atoms with Gasteiger partial charge in [-0.05, 0) is 30.5 Å². The fourth-order valence-electron chi connectivity index (χ4n) is 2.23. The Morgan fingerprint density at radius 3 is 2.45 bits per heavy atom. The quantitative estimate of drug-likeness (QED) is 0.549. The van der Waals surface area contributed by atoms with Gasteiger partial charge in [-0.25, -0.2) is 4.79 Å². The molecule has 0 aliphatic carbocycles. The zero-order chi connectivity index (χ0) is 14.8. The van der Waals surface area contributed by atoms with Crippen LogP contribution >= 0.6 is 0 Å². The van der Waals surface area contributed by atoms with Crippen molar-refractivity contribution in [3.63, 3.8) is 0 Å². The fourth-order valence-corrected chi connectivity index (χ4v) is 2.23. The zero-order valence-corrected chi connectivity index (χ0v) is 12.9. The van der Waals surface area contributed by atoms with Crippen LogP contribution in [0.1, 0.15) is 61.9 Å². The largest absolute Gasteiger partial charge is 0.465 e. The number of nitrogens with one attached hydrogen (secondary N) is 1. The zero-order valence-electron chi connectivity index (χ0n) is 12.9. The predicted octanol–water partition coefficient (Wildman–Crippen LogP) is 3.92. The van der Waals surface area contributed by atoms with E-state index in [1.165, 1.54) is 38.4 Å². The molecule has 1 aromatic carbocycles. The lowest BCUT2D eigenvalue weighted by atomic mass is 10.1. The van der Waals surface area contributed by atoms with E-state index in [2.05, 4.69) is 19.2 Å². The molecule has 112 valence electrons. The van der Waals surface area contributed by atoms with Crippen LogP contribution in [-0.4, -0.2) is 19.1 Å². The van der Waals surface area contributed by atoms with Crippen LogP contribution in [0.15, 0.2) is 24.3 Å². The van der Waals surface area contributed by atoms with Crippen molar-refractivity contribution in [2.75, 3.05) is 7.11 Å². The first-order valence-electron chi connectivity index (χ1n) is 7.61. The number of benzene rings is 1. The molecule has 20 heavy (non-hydrogen) atoms. The van der Waals surface area contributed by atoms with Crippen molar-refractivity contribution in [2.45, 2.75) is 58.5 Å². The summed E-state index contributed by atoms with van der Waals surface area (Å²) in [5, 5.41) is 3.59. The van der Waals surface area contributed by atoms with Gasteiger partial charge in [-0.2, -0.15) is 0 Å². The second kappa shape index (κ2) is 9.54. The summed E-state index contributed by atoms with van der Waals surface area (Å²) in [5.41, 5.74) is 1.80. The Labute approximate surface area is 122 Å². The number of unbranched alkanes of at least 4 members (excludes halogenated alkanes) is 2. The molecule has 1 aromatic rings. The summed E-state index contributed by atoms with van der Waals surface area (Å²) in [7, 11) is 1.40. The van der Waals surface area contributed by atoms with Crippen molar-refractivity contribution in [1.82, 2.24) is 5.32 Å². The molecule has 0 aliphatic heterocycles. The summed E-state index contributed by atoms with van der Waals surface area (Å²) in [4.78, 5) is 11.3. The minimum absolute atomic E-state index is 0.282. The molecule has 0 aromatic heterocycles. The molecule has 0 saturated heterocycles. The number of methoxy groups -OCH3 is 1. The number of carbonyl (C=O) groups excluding carboxylic acids is 1. The molecule has 3 nitrogen and oxygen atoms in total. The van der Waals surface area contributed by atoms with Crippen molar-refractivity contribution in [3.8, 4) is 0 Å². The Kier molecular flexibility index (Phi) is 7.97. The smallest absolute Gasteiger partial charge is 0.337 e. The summed E-state index contributed by atoms with van der Waals surface area (Å²) in [5.74, 6) is -0.282. The van der Waals surface area contributed by atoms with Gasteiger partial charge in [0.15, 0.2) is 0 Å². The summed E-state index contributed by atoms with van der Waals surface area (Å²) in [6, 6.07) is 8.19. The topological polar surface area (TPSA) is 38.3 Å². The minimum atomic E-state index is -0.282. The van der Waals surface area contributed by atoms with Crippen LogP contribution in [0, 0.1) is 0 Å². The Morgan fingerprint density at radius 1 is 1.20 bits per heavy atom. The van der Waals surface area contributed by atoms with Crippen molar-refractivity contribution in [1.29, 1.82) is 0 Å². The Bertz CT molecular complexity index is 386. The summed E-state index contributed by atoms with van der Waals surface area (Å²) in [6.45, 7) is 5.31. The first-order chi connectivity index (χ1) is 9.71. The van der Waals surface area contributed by atoms with Gasteiger partial charge in [0.25, 0.3) is 0 Å². The van der Waals surface area contributed by atoms with E-state index < -0.39 is 0 Å². The van der Waals surface area contributed by atoms with Crippen LogP contribution in [0.2, 0.25) is 0 Å². The molecule has 1 N–H and O–H groups in total. The number of rotatable bonds is 9. The van der Waals surface area contributed by atoms with Gasteiger partial charge in [-0.1, -0.05) is 45.2 Å². The van der Waals surface area contributed by atoms with Crippen molar-refractivity contribution in [2.24, 2.45) is 0 Å². The lowest BCUT2D eigenvalue weighted by molar-refractivity contribution is 0.0600. The molecular weight excluding hydrogens is 250 g/mol. The Balaban J connectivity index is 2.41. The maximum atomic E-state index is 11.3. The number of carbonyl (C=O) groups is 1.